The van der Waals surface area contributed by atoms with Gasteiger partial charge in [0.05, 0.1) is 5.75 Å². The Morgan fingerprint density at radius 2 is 2.15 bits per heavy atom. The summed E-state index contributed by atoms with van der Waals surface area (Å²) in [7, 11) is -3.31. The number of carboxylic acid groups (broad SMARTS) is 1. The second-order valence-corrected chi connectivity index (χ2v) is 6.80. The van der Waals surface area contributed by atoms with Crippen molar-refractivity contribution in [1.29, 1.82) is 0 Å². The number of carbonyl (C=O) groups is 2. The summed E-state index contributed by atoms with van der Waals surface area (Å²) in [6, 6.07) is 1.37. The van der Waals surface area contributed by atoms with Gasteiger partial charge in [-0.05, 0) is 18.6 Å². The molecule has 7 nitrogen and oxygen atoms in total. The van der Waals surface area contributed by atoms with Crippen LogP contribution in [0.25, 0.3) is 0 Å². The third-order valence-corrected chi connectivity index (χ3v) is 3.55. The number of carbonyl (C=O) groups excluding carboxylic acids is 1. The van der Waals surface area contributed by atoms with Crippen LogP contribution < -0.4 is 5.32 Å². The molecular weight excluding hydrogens is 308 g/mol. The topological polar surface area (TPSA) is 113 Å². The zero-order valence-corrected chi connectivity index (χ0v) is 12.1. The number of hydrogen-bond acceptors (Lipinski definition) is 5. The fourth-order valence-electron chi connectivity index (χ4n) is 1.37. The predicted octanol–water partition coefficient (Wildman–Crippen LogP) is 0.353. The van der Waals surface area contributed by atoms with Crippen LogP contribution in [0.15, 0.2) is 18.3 Å². The Bertz CT molecular complexity index is 617. The highest BCUT2D eigenvalue weighted by molar-refractivity contribution is 7.90. The monoisotopic (exact) mass is 320 g/mol. The van der Waals surface area contributed by atoms with Gasteiger partial charge in [-0.3, -0.25) is 4.79 Å². The number of amides is 1. The number of rotatable bonds is 6. The van der Waals surface area contributed by atoms with Crippen LogP contribution in [0.4, 0.5) is 0 Å². The lowest BCUT2D eigenvalue weighted by atomic mass is 10.2. The molecule has 0 aromatic carbocycles. The Kier molecular flexibility index (Phi) is 5.46. The van der Waals surface area contributed by atoms with Crippen LogP contribution in [-0.4, -0.2) is 48.4 Å². The molecule has 9 heteroatoms. The van der Waals surface area contributed by atoms with Crippen LogP contribution in [0.1, 0.15) is 16.8 Å². The zero-order chi connectivity index (χ0) is 15.3. The molecule has 0 fully saturated rings. The molecule has 1 amide bonds. The van der Waals surface area contributed by atoms with Gasteiger partial charge in [-0.25, -0.2) is 18.2 Å². The number of hydrogen-bond donors (Lipinski definition) is 2. The van der Waals surface area contributed by atoms with Crippen LogP contribution in [0, 0.1) is 0 Å². The molecule has 0 radical (unpaired) electrons. The molecule has 1 aromatic heterocycles. The van der Waals surface area contributed by atoms with Crippen molar-refractivity contribution < 1.29 is 23.1 Å². The van der Waals surface area contributed by atoms with Gasteiger partial charge in [0.2, 0.25) is 0 Å². The summed E-state index contributed by atoms with van der Waals surface area (Å²) in [6.07, 6.45) is 2.10. The molecule has 0 aliphatic rings. The van der Waals surface area contributed by atoms with E-state index in [0.29, 0.717) is 0 Å². The van der Waals surface area contributed by atoms with Gasteiger partial charge in [-0.1, -0.05) is 11.6 Å². The van der Waals surface area contributed by atoms with Crippen molar-refractivity contribution in [2.45, 2.75) is 12.5 Å². The molecule has 0 aliphatic carbocycles. The molecule has 1 aromatic rings. The van der Waals surface area contributed by atoms with E-state index in [1.54, 1.807) is 0 Å². The van der Waals surface area contributed by atoms with E-state index in [1.165, 1.54) is 18.3 Å². The first-order valence-corrected chi connectivity index (χ1v) is 7.96. The molecule has 0 spiro atoms. The fraction of sp³-hybridized carbons (Fsp3) is 0.364. The second kappa shape index (κ2) is 6.67. The summed E-state index contributed by atoms with van der Waals surface area (Å²) in [6.45, 7) is 0. The molecular formula is C11H13ClN2O5S. The van der Waals surface area contributed by atoms with E-state index in [9.17, 15) is 18.0 Å². The number of carboxylic acids is 1. The van der Waals surface area contributed by atoms with Gasteiger partial charge in [-0.2, -0.15) is 0 Å². The van der Waals surface area contributed by atoms with E-state index in [-0.39, 0.29) is 22.9 Å². The van der Waals surface area contributed by atoms with Gasteiger partial charge in [0.15, 0.2) is 0 Å². The standard InChI is InChI=1S/C11H13ClN2O5S/c1-20(18,19)5-3-8(11(16)17)14-10(15)7-2-4-13-9(12)6-7/h2,4,6,8H,3,5H2,1H3,(H,14,15)(H,16,17). The normalized spacial score (nSPS) is 12.7. The maximum Gasteiger partial charge on any atom is 0.326 e. The van der Waals surface area contributed by atoms with Crippen LogP contribution in [0.5, 0.6) is 0 Å². The Morgan fingerprint density at radius 1 is 1.50 bits per heavy atom. The predicted molar refractivity (Wildman–Crippen MR) is 72.5 cm³/mol. The highest BCUT2D eigenvalue weighted by Gasteiger charge is 2.22. The number of nitrogens with zero attached hydrogens (tertiary/aromatic N) is 1. The first-order valence-electron chi connectivity index (χ1n) is 5.52. The van der Waals surface area contributed by atoms with E-state index in [1.807, 2.05) is 0 Å². The van der Waals surface area contributed by atoms with Crippen LogP contribution >= 0.6 is 11.6 Å². The van der Waals surface area contributed by atoms with E-state index >= 15 is 0 Å². The van der Waals surface area contributed by atoms with E-state index in [0.717, 1.165) is 6.26 Å². The molecule has 1 heterocycles. The number of nitrogens with one attached hydrogen (secondary N) is 1. The van der Waals surface area contributed by atoms with Gasteiger partial charge in [0.1, 0.15) is 21.0 Å². The SMILES string of the molecule is CS(=O)(=O)CCC(NC(=O)c1ccnc(Cl)c1)C(=O)O. The Hall–Kier alpha value is -1.67. The summed E-state index contributed by atoms with van der Waals surface area (Å²) in [5.41, 5.74) is 0.149. The molecule has 1 unspecified atom stereocenters. The Balaban J connectivity index is 2.75. The minimum absolute atomic E-state index is 0.0978. The maximum atomic E-state index is 11.8. The minimum Gasteiger partial charge on any atom is -0.480 e. The van der Waals surface area contributed by atoms with Crippen molar-refractivity contribution >= 4 is 33.3 Å². The third-order valence-electron chi connectivity index (χ3n) is 2.37. The third kappa shape index (κ3) is 5.54. The average Bonchev–Trinajstić information content (AvgIpc) is 2.32. The van der Waals surface area contributed by atoms with Gasteiger partial charge < -0.3 is 10.4 Å². The average molecular weight is 321 g/mol. The summed E-state index contributed by atoms with van der Waals surface area (Å²) in [5, 5.41) is 11.3. The zero-order valence-electron chi connectivity index (χ0n) is 10.5. The molecule has 20 heavy (non-hydrogen) atoms. The molecule has 0 bridgehead atoms. The maximum absolute atomic E-state index is 11.8. The highest BCUT2D eigenvalue weighted by Crippen LogP contribution is 2.08. The van der Waals surface area contributed by atoms with Crippen molar-refractivity contribution in [2.75, 3.05) is 12.0 Å². The number of halogens is 1. The van der Waals surface area contributed by atoms with E-state index < -0.39 is 27.8 Å². The molecule has 1 rings (SSSR count). The van der Waals surface area contributed by atoms with Crippen LogP contribution in [-0.2, 0) is 14.6 Å². The van der Waals surface area contributed by atoms with Crippen molar-refractivity contribution in [3.63, 3.8) is 0 Å². The van der Waals surface area contributed by atoms with Gasteiger partial charge in [-0.15, -0.1) is 0 Å². The van der Waals surface area contributed by atoms with Gasteiger partial charge in [0, 0.05) is 18.0 Å². The number of sulfone groups is 1. The van der Waals surface area contributed by atoms with Gasteiger partial charge >= 0.3 is 5.97 Å². The van der Waals surface area contributed by atoms with Crippen molar-refractivity contribution in [2.24, 2.45) is 0 Å². The molecule has 2 N–H and O–H groups in total. The number of pyridine rings is 1. The fourth-order valence-corrected chi connectivity index (χ4v) is 2.21. The van der Waals surface area contributed by atoms with Crippen LogP contribution in [0.2, 0.25) is 5.15 Å². The molecule has 0 aliphatic heterocycles. The summed E-state index contributed by atoms with van der Waals surface area (Å²) >= 11 is 5.62. The van der Waals surface area contributed by atoms with Gasteiger partial charge in [0.25, 0.3) is 5.91 Å². The Labute approximate surface area is 120 Å². The summed E-state index contributed by atoms with van der Waals surface area (Å²) < 4.78 is 22.1. The first-order chi connectivity index (χ1) is 9.19. The lowest BCUT2D eigenvalue weighted by Gasteiger charge is -2.14. The summed E-state index contributed by atoms with van der Waals surface area (Å²) in [5.74, 6) is -2.29. The van der Waals surface area contributed by atoms with E-state index in [2.05, 4.69) is 10.3 Å². The molecule has 1 atom stereocenters. The minimum atomic E-state index is -3.31. The quantitative estimate of drug-likeness (QED) is 0.731. The molecule has 0 saturated heterocycles. The number of aliphatic carboxylic acids is 1. The highest BCUT2D eigenvalue weighted by atomic mass is 35.5. The first kappa shape index (κ1) is 16.4. The van der Waals surface area contributed by atoms with Crippen LogP contribution in [0.3, 0.4) is 0 Å². The number of aromatic nitrogens is 1. The van der Waals surface area contributed by atoms with E-state index in [4.69, 9.17) is 16.7 Å². The molecule has 0 saturated carbocycles. The van der Waals surface area contributed by atoms with Crippen molar-refractivity contribution in [1.82, 2.24) is 10.3 Å². The largest absolute Gasteiger partial charge is 0.480 e. The Morgan fingerprint density at radius 3 is 2.65 bits per heavy atom. The molecule has 110 valence electrons. The van der Waals surface area contributed by atoms with Crippen molar-refractivity contribution in [3.8, 4) is 0 Å². The lowest BCUT2D eigenvalue weighted by Crippen LogP contribution is -2.41. The lowest BCUT2D eigenvalue weighted by molar-refractivity contribution is -0.139. The van der Waals surface area contributed by atoms with Crippen molar-refractivity contribution in [3.05, 3.63) is 29.0 Å². The summed E-state index contributed by atoms with van der Waals surface area (Å²) in [4.78, 5) is 26.5. The smallest absolute Gasteiger partial charge is 0.326 e. The second-order valence-electron chi connectivity index (χ2n) is 4.15.